The average Bonchev–Trinajstić information content (AvgIpc) is 3.32. The summed E-state index contributed by atoms with van der Waals surface area (Å²) in [5.74, 6) is -0.160. The summed E-state index contributed by atoms with van der Waals surface area (Å²) in [5.41, 5.74) is 0.294. The second-order valence-electron chi connectivity index (χ2n) is 8.78. The highest BCUT2D eigenvalue weighted by molar-refractivity contribution is 6.30. The van der Waals surface area contributed by atoms with Gasteiger partial charge in [0.25, 0.3) is 0 Å². The van der Waals surface area contributed by atoms with E-state index in [0.29, 0.717) is 30.8 Å². The first-order valence-electron chi connectivity index (χ1n) is 10.3. The molecule has 1 aromatic rings. The minimum atomic E-state index is -0.666. The van der Waals surface area contributed by atoms with Crippen LogP contribution in [0.2, 0.25) is 5.02 Å². The molecule has 0 bridgehead atoms. The van der Waals surface area contributed by atoms with E-state index in [4.69, 9.17) is 16.3 Å². The molecular formula is C23H28ClN3O3. The number of likely N-dealkylation sites (tertiary alicyclic amines) is 2. The Labute approximate surface area is 183 Å². The maximum Gasteiger partial charge on any atom is 0.411 e. The molecule has 6 nitrogen and oxygen atoms in total. The monoisotopic (exact) mass is 429 g/mol. The van der Waals surface area contributed by atoms with Crippen LogP contribution in [0.3, 0.4) is 0 Å². The number of nitrogens with zero attached hydrogens (tertiary/aromatic N) is 3. The van der Waals surface area contributed by atoms with Crippen LogP contribution in [0.15, 0.2) is 30.3 Å². The number of carbonyl (C=O) groups excluding carboxylic acids is 2. The summed E-state index contributed by atoms with van der Waals surface area (Å²) in [6.07, 6.45) is 6.06. The van der Waals surface area contributed by atoms with E-state index in [1.54, 1.807) is 9.80 Å². The van der Waals surface area contributed by atoms with E-state index in [0.717, 1.165) is 12.0 Å². The molecule has 1 aromatic carbocycles. The Hall–Kier alpha value is -2.52. The highest BCUT2D eigenvalue weighted by Gasteiger charge is 2.45. The van der Waals surface area contributed by atoms with Crippen LogP contribution < -0.4 is 0 Å². The second-order valence-corrected chi connectivity index (χ2v) is 9.21. The smallest absolute Gasteiger partial charge is 0.411 e. The fourth-order valence-electron chi connectivity index (χ4n) is 4.00. The van der Waals surface area contributed by atoms with E-state index in [9.17, 15) is 14.9 Å². The van der Waals surface area contributed by atoms with E-state index >= 15 is 0 Å². The zero-order chi connectivity index (χ0) is 21.9. The lowest BCUT2D eigenvalue weighted by atomic mass is 10.1. The first-order valence-corrected chi connectivity index (χ1v) is 10.7. The van der Waals surface area contributed by atoms with Gasteiger partial charge in [-0.3, -0.25) is 9.69 Å². The summed E-state index contributed by atoms with van der Waals surface area (Å²) in [7, 11) is 0. The third-order valence-electron chi connectivity index (χ3n) is 5.38. The van der Waals surface area contributed by atoms with Crippen LogP contribution >= 0.6 is 11.6 Å². The maximum absolute atomic E-state index is 13.2. The van der Waals surface area contributed by atoms with Crippen LogP contribution in [0.5, 0.6) is 0 Å². The van der Waals surface area contributed by atoms with Crippen molar-refractivity contribution in [1.29, 1.82) is 5.26 Å². The molecule has 0 radical (unpaired) electrons. The maximum atomic E-state index is 13.2. The van der Waals surface area contributed by atoms with Gasteiger partial charge in [0.05, 0.1) is 12.1 Å². The summed E-state index contributed by atoms with van der Waals surface area (Å²) in [4.78, 5) is 29.4. The van der Waals surface area contributed by atoms with Gasteiger partial charge in [-0.05, 0) is 64.2 Å². The SMILES string of the molecule is CC(C)(C)OC(=O)N1C(C=Cc2ccc(Cl)cc2)CCC1C(=O)N1CCC[C@H]1C#N. The van der Waals surface area contributed by atoms with Gasteiger partial charge < -0.3 is 9.64 Å². The summed E-state index contributed by atoms with van der Waals surface area (Å²) in [6.45, 7) is 5.98. The Bertz CT molecular complexity index is 854. The second kappa shape index (κ2) is 9.09. The van der Waals surface area contributed by atoms with Crippen LogP contribution in [0, 0.1) is 11.3 Å². The molecule has 0 aliphatic carbocycles. The van der Waals surface area contributed by atoms with E-state index in [2.05, 4.69) is 6.07 Å². The molecule has 2 aliphatic heterocycles. The largest absolute Gasteiger partial charge is 0.444 e. The summed E-state index contributed by atoms with van der Waals surface area (Å²) in [5, 5.41) is 10.0. The third kappa shape index (κ3) is 5.14. The average molecular weight is 430 g/mol. The van der Waals surface area contributed by atoms with Crippen LogP contribution in [-0.2, 0) is 9.53 Å². The zero-order valence-corrected chi connectivity index (χ0v) is 18.4. The molecule has 2 amide bonds. The quantitative estimate of drug-likeness (QED) is 0.701. The van der Waals surface area contributed by atoms with Crippen molar-refractivity contribution in [2.75, 3.05) is 6.54 Å². The lowest BCUT2D eigenvalue weighted by Crippen LogP contribution is -2.52. The number of hydrogen-bond acceptors (Lipinski definition) is 4. The normalized spacial score (nSPS) is 24.3. The van der Waals surface area contributed by atoms with Crippen molar-refractivity contribution in [3.05, 3.63) is 40.9 Å². The van der Waals surface area contributed by atoms with E-state index in [1.807, 2.05) is 57.2 Å². The van der Waals surface area contributed by atoms with Crippen LogP contribution in [0.25, 0.3) is 6.08 Å². The Morgan fingerprint density at radius 3 is 2.53 bits per heavy atom. The molecule has 30 heavy (non-hydrogen) atoms. The van der Waals surface area contributed by atoms with Gasteiger partial charge in [-0.1, -0.05) is 35.9 Å². The van der Waals surface area contributed by atoms with Gasteiger partial charge in [0.2, 0.25) is 5.91 Å². The molecule has 0 N–H and O–H groups in total. The zero-order valence-electron chi connectivity index (χ0n) is 17.7. The van der Waals surface area contributed by atoms with Gasteiger partial charge in [0, 0.05) is 11.6 Å². The van der Waals surface area contributed by atoms with Gasteiger partial charge in [0.1, 0.15) is 17.7 Å². The molecule has 3 atom stereocenters. The van der Waals surface area contributed by atoms with Gasteiger partial charge in [-0.2, -0.15) is 5.26 Å². The Balaban J connectivity index is 1.83. The third-order valence-corrected chi connectivity index (χ3v) is 5.64. The van der Waals surface area contributed by atoms with E-state index in [-0.39, 0.29) is 11.9 Å². The van der Waals surface area contributed by atoms with Crippen molar-refractivity contribution >= 4 is 29.7 Å². The van der Waals surface area contributed by atoms with Crippen molar-refractivity contribution in [2.45, 2.75) is 70.2 Å². The summed E-state index contributed by atoms with van der Waals surface area (Å²) >= 11 is 5.95. The number of carbonyl (C=O) groups is 2. The standard InChI is InChI=1S/C23H28ClN3O3/c1-23(2,3)30-22(29)27-18(11-8-16-6-9-17(24)10-7-16)12-13-20(27)21(28)26-14-4-5-19(26)15-25/h6-11,18-20H,4-5,12-14H2,1-3H3/t18?,19-,20?/m0/s1. The molecular weight excluding hydrogens is 402 g/mol. The first-order chi connectivity index (χ1) is 14.2. The van der Waals surface area contributed by atoms with Crippen molar-refractivity contribution in [2.24, 2.45) is 0 Å². The molecule has 160 valence electrons. The summed E-state index contributed by atoms with van der Waals surface area (Å²) < 4.78 is 5.62. The molecule has 2 unspecified atom stereocenters. The number of rotatable bonds is 3. The fourth-order valence-corrected chi connectivity index (χ4v) is 4.12. The van der Waals surface area contributed by atoms with Crippen molar-refractivity contribution in [3.63, 3.8) is 0 Å². The highest BCUT2D eigenvalue weighted by atomic mass is 35.5. The molecule has 0 aromatic heterocycles. The lowest BCUT2D eigenvalue weighted by molar-refractivity contribution is -0.136. The van der Waals surface area contributed by atoms with Crippen molar-refractivity contribution in [3.8, 4) is 6.07 Å². The summed E-state index contributed by atoms with van der Waals surface area (Å²) in [6, 6.07) is 8.33. The molecule has 2 aliphatic rings. The predicted molar refractivity (Wildman–Crippen MR) is 116 cm³/mol. The molecule has 2 fully saturated rings. The first kappa shape index (κ1) is 22.2. The fraction of sp³-hybridized carbons (Fsp3) is 0.522. The minimum Gasteiger partial charge on any atom is -0.444 e. The van der Waals surface area contributed by atoms with Gasteiger partial charge in [0.15, 0.2) is 0 Å². The van der Waals surface area contributed by atoms with Gasteiger partial charge >= 0.3 is 6.09 Å². The highest BCUT2D eigenvalue weighted by Crippen LogP contribution is 2.31. The van der Waals surface area contributed by atoms with Crippen LogP contribution in [0.1, 0.15) is 52.0 Å². The van der Waals surface area contributed by atoms with Gasteiger partial charge in [-0.25, -0.2) is 4.79 Å². The van der Waals surface area contributed by atoms with Crippen LogP contribution in [0.4, 0.5) is 4.79 Å². The Kier molecular flexibility index (Phi) is 6.72. The van der Waals surface area contributed by atoms with Crippen molar-refractivity contribution in [1.82, 2.24) is 9.80 Å². The molecule has 3 rings (SSSR count). The number of ether oxygens (including phenoxy) is 1. The molecule has 2 heterocycles. The molecule has 0 saturated carbocycles. The number of benzene rings is 1. The molecule has 0 spiro atoms. The van der Waals surface area contributed by atoms with E-state index in [1.165, 1.54) is 0 Å². The van der Waals surface area contributed by atoms with Gasteiger partial charge in [-0.15, -0.1) is 0 Å². The lowest BCUT2D eigenvalue weighted by Gasteiger charge is -2.33. The number of hydrogen-bond donors (Lipinski definition) is 0. The minimum absolute atomic E-state index is 0.160. The number of amides is 2. The Morgan fingerprint density at radius 2 is 1.90 bits per heavy atom. The van der Waals surface area contributed by atoms with Crippen molar-refractivity contribution < 1.29 is 14.3 Å². The molecule has 2 saturated heterocycles. The predicted octanol–water partition coefficient (Wildman–Crippen LogP) is 4.64. The van der Waals surface area contributed by atoms with E-state index < -0.39 is 23.8 Å². The van der Waals surface area contributed by atoms with Crippen LogP contribution in [-0.4, -0.2) is 52.1 Å². The Morgan fingerprint density at radius 1 is 1.20 bits per heavy atom. The number of halogens is 1. The number of nitriles is 1. The molecule has 7 heteroatoms. The topological polar surface area (TPSA) is 73.6 Å².